The van der Waals surface area contributed by atoms with E-state index in [4.69, 9.17) is 9.15 Å². The van der Waals surface area contributed by atoms with E-state index in [1.165, 1.54) is 12.1 Å². The second-order valence-corrected chi connectivity index (χ2v) is 8.08. The average Bonchev–Trinajstić information content (AvgIpc) is 3.16. The van der Waals surface area contributed by atoms with Gasteiger partial charge in [-0.05, 0) is 60.0 Å². The lowest BCUT2D eigenvalue weighted by Gasteiger charge is -2.25. The Kier molecular flexibility index (Phi) is 5.49. The van der Waals surface area contributed by atoms with Gasteiger partial charge in [0.25, 0.3) is 5.91 Å². The van der Waals surface area contributed by atoms with E-state index in [2.05, 4.69) is 13.5 Å². The van der Waals surface area contributed by atoms with Crippen LogP contribution >= 0.6 is 0 Å². The molecule has 1 aliphatic heterocycles. The van der Waals surface area contributed by atoms with Crippen LogP contribution in [-0.4, -0.2) is 12.5 Å². The SMILES string of the molecule is C=CCOc1cccc(C2c3c(oc4ccc(F)cc4c3=O)C(=O)N2c2ccc(CC)cc2)c1. The van der Waals surface area contributed by atoms with Crippen molar-refractivity contribution in [2.45, 2.75) is 19.4 Å². The van der Waals surface area contributed by atoms with Crippen LogP contribution in [0.5, 0.6) is 5.75 Å². The maximum Gasteiger partial charge on any atom is 0.295 e. The number of halogens is 1. The first-order valence-corrected chi connectivity index (χ1v) is 11.0. The van der Waals surface area contributed by atoms with Gasteiger partial charge in [0, 0.05) is 5.69 Å². The summed E-state index contributed by atoms with van der Waals surface area (Å²) in [4.78, 5) is 28.8. The molecule has 1 aliphatic rings. The third-order valence-corrected chi connectivity index (χ3v) is 6.00. The molecule has 6 heteroatoms. The summed E-state index contributed by atoms with van der Waals surface area (Å²) in [5.41, 5.74) is 2.35. The van der Waals surface area contributed by atoms with E-state index in [1.54, 1.807) is 29.2 Å². The van der Waals surface area contributed by atoms with E-state index in [0.717, 1.165) is 18.1 Å². The molecule has 0 N–H and O–H groups in total. The van der Waals surface area contributed by atoms with Crippen LogP contribution in [0.25, 0.3) is 11.0 Å². The molecule has 2 heterocycles. The molecular weight excluding hydrogens is 433 g/mol. The first-order chi connectivity index (χ1) is 16.5. The third-order valence-electron chi connectivity index (χ3n) is 6.00. The fourth-order valence-corrected chi connectivity index (χ4v) is 4.35. The molecule has 1 aromatic heterocycles. The molecule has 170 valence electrons. The van der Waals surface area contributed by atoms with Crippen molar-refractivity contribution >= 4 is 22.6 Å². The second kappa shape index (κ2) is 8.63. The predicted octanol–water partition coefficient (Wildman–Crippen LogP) is 5.81. The van der Waals surface area contributed by atoms with Gasteiger partial charge in [-0.1, -0.05) is 43.8 Å². The zero-order valence-electron chi connectivity index (χ0n) is 18.6. The van der Waals surface area contributed by atoms with E-state index in [0.29, 0.717) is 23.6 Å². The normalized spacial score (nSPS) is 14.9. The number of benzene rings is 3. The Balaban J connectivity index is 1.75. The first-order valence-electron chi connectivity index (χ1n) is 11.0. The summed E-state index contributed by atoms with van der Waals surface area (Å²) < 4.78 is 25.5. The zero-order chi connectivity index (χ0) is 23.8. The molecule has 1 atom stereocenters. The Morgan fingerprint density at radius 2 is 1.88 bits per heavy atom. The number of amides is 1. The highest BCUT2D eigenvalue weighted by Gasteiger charge is 2.43. The summed E-state index contributed by atoms with van der Waals surface area (Å²) in [5.74, 6) is -0.431. The lowest BCUT2D eigenvalue weighted by Crippen LogP contribution is -2.29. The van der Waals surface area contributed by atoms with Gasteiger partial charge in [-0.2, -0.15) is 0 Å². The van der Waals surface area contributed by atoms with Crippen LogP contribution in [0.1, 0.15) is 40.2 Å². The molecule has 1 unspecified atom stereocenters. The quantitative estimate of drug-likeness (QED) is 0.344. The molecule has 0 bridgehead atoms. The lowest BCUT2D eigenvalue weighted by atomic mass is 9.98. The largest absolute Gasteiger partial charge is 0.490 e. The number of hydrogen-bond donors (Lipinski definition) is 0. The molecule has 1 amide bonds. The molecule has 0 aliphatic carbocycles. The molecule has 0 radical (unpaired) electrons. The number of rotatable bonds is 6. The lowest BCUT2D eigenvalue weighted by molar-refractivity contribution is 0.0971. The van der Waals surface area contributed by atoms with E-state index in [-0.39, 0.29) is 22.3 Å². The van der Waals surface area contributed by atoms with Crippen molar-refractivity contribution in [1.29, 1.82) is 0 Å². The van der Waals surface area contributed by atoms with Crippen LogP contribution in [0.2, 0.25) is 0 Å². The summed E-state index contributed by atoms with van der Waals surface area (Å²) in [6, 6.07) is 17.8. The van der Waals surface area contributed by atoms with E-state index >= 15 is 0 Å². The number of nitrogens with zero attached hydrogens (tertiary/aromatic N) is 1. The number of hydrogen-bond acceptors (Lipinski definition) is 4. The van der Waals surface area contributed by atoms with E-state index in [9.17, 15) is 14.0 Å². The number of aryl methyl sites for hydroxylation is 1. The van der Waals surface area contributed by atoms with Gasteiger partial charge in [-0.25, -0.2) is 4.39 Å². The molecule has 0 spiro atoms. The summed E-state index contributed by atoms with van der Waals surface area (Å²) in [6.45, 7) is 6.04. The number of carbonyl (C=O) groups excluding carboxylic acids is 1. The number of ether oxygens (including phenoxy) is 1. The molecule has 4 aromatic rings. The average molecular weight is 455 g/mol. The monoisotopic (exact) mass is 455 g/mol. The summed E-state index contributed by atoms with van der Waals surface area (Å²) in [5, 5.41) is 0.0961. The Morgan fingerprint density at radius 3 is 2.62 bits per heavy atom. The van der Waals surface area contributed by atoms with Crippen LogP contribution < -0.4 is 15.1 Å². The van der Waals surface area contributed by atoms with Crippen LogP contribution in [0.4, 0.5) is 10.1 Å². The van der Waals surface area contributed by atoms with Gasteiger partial charge < -0.3 is 9.15 Å². The van der Waals surface area contributed by atoms with Gasteiger partial charge >= 0.3 is 0 Å². The standard InChI is InChI=1S/C28H22FNO4/c1-3-14-33-21-7-5-6-18(15-21)25-24-26(31)22-16-19(29)10-13-23(22)34-27(24)28(32)30(25)20-11-8-17(4-2)9-12-20/h3,5-13,15-16,25H,1,4,14H2,2H3. The molecule has 0 saturated heterocycles. The first kappa shape index (κ1) is 21.6. The third kappa shape index (κ3) is 3.57. The molecule has 5 nitrogen and oxygen atoms in total. The van der Waals surface area contributed by atoms with Crippen molar-refractivity contribution in [2.24, 2.45) is 0 Å². The Morgan fingerprint density at radius 1 is 1.09 bits per heavy atom. The minimum Gasteiger partial charge on any atom is -0.490 e. The molecule has 34 heavy (non-hydrogen) atoms. The molecule has 0 fully saturated rings. The summed E-state index contributed by atoms with van der Waals surface area (Å²) >= 11 is 0. The Hall–Kier alpha value is -4.19. The molecule has 0 saturated carbocycles. The van der Waals surface area contributed by atoms with Gasteiger partial charge in [-0.3, -0.25) is 14.5 Å². The van der Waals surface area contributed by atoms with Gasteiger partial charge in [0.1, 0.15) is 23.8 Å². The highest BCUT2D eigenvalue weighted by molar-refractivity contribution is 6.10. The van der Waals surface area contributed by atoms with Gasteiger partial charge in [0.15, 0.2) is 5.43 Å². The fraction of sp³-hybridized carbons (Fsp3) is 0.143. The van der Waals surface area contributed by atoms with E-state index in [1.807, 2.05) is 30.3 Å². The highest BCUT2D eigenvalue weighted by Crippen LogP contribution is 2.42. The van der Waals surface area contributed by atoms with Gasteiger partial charge in [0.05, 0.1) is 17.0 Å². The molecule has 3 aromatic carbocycles. The van der Waals surface area contributed by atoms with Gasteiger partial charge in [0.2, 0.25) is 5.76 Å². The van der Waals surface area contributed by atoms with E-state index < -0.39 is 23.2 Å². The molecular formula is C28H22FNO4. The topological polar surface area (TPSA) is 59.8 Å². The zero-order valence-corrected chi connectivity index (χ0v) is 18.6. The van der Waals surface area contributed by atoms with Crippen molar-refractivity contribution in [3.8, 4) is 5.75 Å². The predicted molar refractivity (Wildman–Crippen MR) is 129 cm³/mol. The minimum atomic E-state index is -0.758. The van der Waals surface area contributed by atoms with Crippen LogP contribution in [0, 0.1) is 5.82 Å². The van der Waals surface area contributed by atoms with Crippen LogP contribution in [0.3, 0.4) is 0 Å². The van der Waals surface area contributed by atoms with Crippen LogP contribution in [0.15, 0.2) is 88.6 Å². The number of fused-ring (bicyclic) bond motifs is 2. The minimum absolute atomic E-state index is 0.0360. The Bertz CT molecular complexity index is 1470. The smallest absolute Gasteiger partial charge is 0.295 e. The van der Waals surface area contributed by atoms with Crippen molar-refractivity contribution in [1.82, 2.24) is 0 Å². The maximum absolute atomic E-state index is 14.0. The van der Waals surface area contributed by atoms with Gasteiger partial charge in [-0.15, -0.1) is 0 Å². The number of anilines is 1. The highest BCUT2D eigenvalue weighted by atomic mass is 19.1. The van der Waals surface area contributed by atoms with Crippen molar-refractivity contribution in [2.75, 3.05) is 11.5 Å². The summed E-state index contributed by atoms with van der Waals surface area (Å²) in [7, 11) is 0. The van der Waals surface area contributed by atoms with Crippen molar-refractivity contribution in [3.63, 3.8) is 0 Å². The number of carbonyl (C=O) groups is 1. The summed E-state index contributed by atoms with van der Waals surface area (Å²) in [6.07, 6.45) is 2.50. The van der Waals surface area contributed by atoms with Crippen molar-refractivity contribution in [3.05, 3.63) is 118 Å². The maximum atomic E-state index is 14.0. The van der Waals surface area contributed by atoms with Crippen molar-refractivity contribution < 1.29 is 18.3 Å². The molecule has 5 rings (SSSR count). The Labute approximate surface area is 195 Å². The fourth-order valence-electron chi connectivity index (χ4n) is 4.35. The second-order valence-electron chi connectivity index (χ2n) is 8.08. The van der Waals surface area contributed by atoms with Crippen LogP contribution in [-0.2, 0) is 6.42 Å².